The maximum atomic E-state index is 13.4. The number of amides is 2. The SMILES string of the molecule is CC(C)(O)Cc1noc(C2CC(c3ccc(C(F)(F)F)cc3)CN(C(=O)N3CCC(C#N)CC3)C2)n1. The minimum Gasteiger partial charge on any atom is -0.390 e. The highest BCUT2D eigenvalue weighted by molar-refractivity contribution is 5.75. The van der Waals surface area contributed by atoms with Gasteiger partial charge in [0.1, 0.15) is 0 Å². The van der Waals surface area contributed by atoms with Crippen molar-refractivity contribution in [3.63, 3.8) is 0 Å². The third kappa shape index (κ3) is 6.16. The van der Waals surface area contributed by atoms with E-state index in [1.807, 2.05) is 0 Å². The minimum absolute atomic E-state index is 0.0596. The molecule has 1 aromatic heterocycles. The van der Waals surface area contributed by atoms with Gasteiger partial charge in [-0.05, 0) is 50.8 Å². The molecule has 2 amide bonds. The number of carbonyl (C=O) groups excluding carboxylic acids is 1. The van der Waals surface area contributed by atoms with Crippen molar-refractivity contribution in [1.82, 2.24) is 19.9 Å². The molecule has 1 N–H and O–H groups in total. The van der Waals surface area contributed by atoms with Gasteiger partial charge in [-0.2, -0.15) is 23.4 Å². The molecule has 4 rings (SSSR count). The Morgan fingerprint density at radius 2 is 1.78 bits per heavy atom. The fourth-order valence-electron chi connectivity index (χ4n) is 4.91. The standard InChI is InChI=1S/C25H30F3N5O3/c1-24(2,35)12-21-30-22(36-31-21)19-11-18(17-3-5-20(6-4-17)25(26,27)28)14-33(15-19)23(34)32-9-7-16(13-29)8-10-32/h3-6,16,18-19,35H,7-12,14-15H2,1-2H3. The lowest BCUT2D eigenvalue weighted by Crippen LogP contribution is -2.51. The summed E-state index contributed by atoms with van der Waals surface area (Å²) in [6, 6.07) is 7.14. The summed E-state index contributed by atoms with van der Waals surface area (Å²) in [6.07, 6.45) is -2.47. The maximum absolute atomic E-state index is 13.4. The average molecular weight is 506 g/mol. The molecule has 2 unspecified atom stereocenters. The predicted molar refractivity (Wildman–Crippen MR) is 123 cm³/mol. The van der Waals surface area contributed by atoms with Gasteiger partial charge in [0.2, 0.25) is 5.89 Å². The maximum Gasteiger partial charge on any atom is 0.416 e. The Bertz CT molecular complexity index is 1100. The number of piperidine rings is 2. The number of urea groups is 1. The van der Waals surface area contributed by atoms with Crippen molar-refractivity contribution in [3.05, 3.63) is 47.1 Å². The number of hydrogen-bond acceptors (Lipinski definition) is 6. The fraction of sp³-hybridized carbons (Fsp3) is 0.600. The summed E-state index contributed by atoms with van der Waals surface area (Å²) in [6.45, 7) is 4.93. The van der Waals surface area contributed by atoms with Gasteiger partial charge in [-0.25, -0.2) is 4.79 Å². The van der Waals surface area contributed by atoms with Gasteiger partial charge < -0.3 is 19.4 Å². The minimum atomic E-state index is -4.42. The Hall–Kier alpha value is -3.13. The fourth-order valence-corrected chi connectivity index (χ4v) is 4.91. The summed E-state index contributed by atoms with van der Waals surface area (Å²) in [5.41, 5.74) is -1.04. The molecule has 0 bridgehead atoms. The van der Waals surface area contributed by atoms with Crippen LogP contribution in [0.2, 0.25) is 0 Å². The Morgan fingerprint density at radius 1 is 1.14 bits per heavy atom. The van der Waals surface area contributed by atoms with Gasteiger partial charge in [0, 0.05) is 44.4 Å². The number of aliphatic hydroxyl groups is 1. The Kier molecular flexibility index (Phi) is 7.27. The van der Waals surface area contributed by atoms with E-state index in [-0.39, 0.29) is 30.2 Å². The van der Waals surface area contributed by atoms with Crippen LogP contribution in [0.3, 0.4) is 0 Å². The van der Waals surface area contributed by atoms with Crippen molar-refractivity contribution >= 4 is 6.03 Å². The smallest absolute Gasteiger partial charge is 0.390 e. The molecule has 2 atom stereocenters. The Balaban J connectivity index is 1.57. The normalized spacial score (nSPS) is 21.9. The highest BCUT2D eigenvalue weighted by Gasteiger charge is 2.38. The number of nitriles is 1. The summed E-state index contributed by atoms with van der Waals surface area (Å²) in [4.78, 5) is 21.3. The van der Waals surface area contributed by atoms with Gasteiger partial charge in [-0.1, -0.05) is 17.3 Å². The molecule has 2 aliphatic heterocycles. The summed E-state index contributed by atoms with van der Waals surface area (Å²) in [5, 5.41) is 23.2. The molecule has 2 saturated heterocycles. The molecule has 0 saturated carbocycles. The van der Waals surface area contributed by atoms with Crippen LogP contribution in [0.5, 0.6) is 0 Å². The van der Waals surface area contributed by atoms with E-state index in [1.54, 1.807) is 23.6 Å². The van der Waals surface area contributed by atoms with Crippen molar-refractivity contribution in [3.8, 4) is 6.07 Å². The van der Waals surface area contributed by atoms with E-state index < -0.39 is 17.3 Å². The van der Waals surface area contributed by atoms with Crippen LogP contribution in [0.4, 0.5) is 18.0 Å². The topological polar surface area (TPSA) is 106 Å². The van der Waals surface area contributed by atoms with E-state index in [9.17, 15) is 23.1 Å². The number of halogens is 3. The number of likely N-dealkylation sites (tertiary alicyclic amines) is 2. The zero-order valence-corrected chi connectivity index (χ0v) is 20.3. The number of alkyl halides is 3. The first-order valence-corrected chi connectivity index (χ1v) is 12.1. The van der Waals surface area contributed by atoms with Gasteiger partial charge in [-0.15, -0.1) is 0 Å². The summed E-state index contributed by atoms with van der Waals surface area (Å²) < 4.78 is 44.7. The van der Waals surface area contributed by atoms with Crippen molar-refractivity contribution in [2.45, 2.75) is 63.1 Å². The van der Waals surface area contributed by atoms with E-state index in [4.69, 9.17) is 9.78 Å². The van der Waals surface area contributed by atoms with Crippen molar-refractivity contribution < 1.29 is 27.6 Å². The van der Waals surface area contributed by atoms with Crippen LogP contribution in [0.1, 0.15) is 67.8 Å². The molecular weight excluding hydrogens is 475 g/mol. The molecule has 0 radical (unpaired) electrons. The monoisotopic (exact) mass is 505 g/mol. The zero-order valence-electron chi connectivity index (χ0n) is 20.3. The van der Waals surface area contributed by atoms with Crippen LogP contribution in [0, 0.1) is 17.2 Å². The molecule has 3 heterocycles. The lowest BCUT2D eigenvalue weighted by molar-refractivity contribution is -0.137. The van der Waals surface area contributed by atoms with Crippen LogP contribution in [0.25, 0.3) is 0 Å². The number of rotatable bonds is 4. The quantitative estimate of drug-likeness (QED) is 0.663. The first-order valence-electron chi connectivity index (χ1n) is 12.1. The second-order valence-corrected chi connectivity index (χ2v) is 10.4. The highest BCUT2D eigenvalue weighted by atomic mass is 19.4. The van der Waals surface area contributed by atoms with E-state index in [0.29, 0.717) is 62.7 Å². The predicted octanol–water partition coefficient (Wildman–Crippen LogP) is 4.33. The van der Waals surface area contributed by atoms with Gasteiger partial charge >= 0.3 is 12.2 Å². The second kappa shape index (κ2) is 10.1. The third-order valence-electron chi connectivity index (χ3n) is 6.80. The molecule has 0 spiro atoms. The zero-order chi connectivity index (χ0) is 26.1. The Morgan fingerprint density at radius 3 is 2.36 bits per heavy atom. The molecule has 8 nitrogen and oxygen atoms in total. The molecule has 2 aromatic rings. The average Bonchev–Trinajstić information content (AvgIpc) is 3.30. The molecule has 11 heteroatoms. The van der Waals surface area contributed by atoms with E-state index >= 15 is 0 Å². The molecule has 194 valence electrons. The number of carbonyl (C=O) groups is 1. The van der Waals surface area contributed by atoms with Gasteiger partial charge in [0.05, 0.1) is 23.2 Å². The third-order valence-corrected chi connectivity index (χ3v) is 6.80. The van der Waals surface area contributed by atoms with Crippen molar-refractivity contribution in [2.24, 2.45) is 5.92 Å². The number of hydrogen-bond donors (Lipinski definition) is 1. The first-order chi connectivity index (χ1) is 16.9. The van der Waals surface area contributed by atoms with Crippen LogP contribution in [0.15, 0.2) is 28.8 Å². The van der Waals surface area contributed by atoms with Crippen LogP contribution in [-0.2, 0) is 12.6 Å². The molecule has 36 heavy (non-hydrogen) atoms. The van der Waals surface area contributed by atoms with Crippen LogP contribution < -0.4 is 0 Å². The molecule has 2 aliphatic rings. The summed E-state index contributed by atoms with van der Waals surface area (Å²) >= 11 is 0. The van der Waals surface area contributed by atoms with Crippen molar-refractivity contribution in [1.29, 1.82) is 5.26 Å². The van der Waals surface area contributed by atoms with Gasteiger partial charge in [0.25, 0.3) is 0 Å². The lowest BCUT2D eigenvalue weighted by Gasteiger charge is -2.40. The molecule has 2 fully saturated rings. The summed E-state index contributed by atoms with van der Waals surface area (Å²) in [5.74, 6) is 0.0963. The molecule has 0 aliphatic carbocycles. The van der Waals surface area contributed by atoms with Gasteiger partial charge in [0.15, 0.2) is 5.82 Å². The highest BCUT2D eigenvalue weighted by Crippen LogP contribution is 2.37. The number of benzene rings is 1. The Labute approximate surface area is 207 Å². The van der Waals surface area contributed by atoms with E-state index in [2.05, 4.69) is 16.2 Å². The van der Waals surface area contributed by atoms with Crippen LogP contribution in [-0.4, -0.2) is 62.9 Å². The van der Waals surface area contributed by atoms with Gasteiger partial charge in [-0.3, -0.25) is 0 Å². The van der Waals surface area contributed by atoms with E-state index in [0.717, 1.165) is 12.1 Å². The summed E-state index contributed by atoms with van der Waals surface area (Å²) in [7, 11) is 0. The lowest BCUT2D eigenvalue weighted by atomic mass is 9.84. The second-order valence-electron chi connectivity index (χ2n) is 10.4. The largest absolute Gasteiger partial charge is 0.416 e. The van der Waals surface area contributed by atoms with E-state index in [1.165, 1.54) is 12.1 Å². The van der Waals surface area contributed by atoms with Crippen molar-refractivity contribution in [2.75, 3.05) is 26.2 Å². The molecule has 1 aromatic carbocycles. The first kappa shape index (κ1) is 25.9. The molecular formula is C25H30F3N5O3. The number of nitrogens with zero attached hydrogens (tertiary/aromatic N) is 5. The number of aromatic nitrogens is 2. The van der Waals surface area contributed by atoms with Crippen LogP contribution >= 0.6 is 0 Å².